The molecule has 0 saturated carbocycles. The molecule has 0 radical (unpaired) electrons. The van der Waals surface area contributed by atoms with Gasteiger partial charge in [0.2, 0.25) is 5.91 Å². The second-order valence-corrected chi connectivity index (χ2v) is 4.43. The molecule has 1 heterocycles. The number of nitrogens with one attached hydrogen (secondary N) is 1. The monoisotopic (exact) mass is 258 g/mol. The van der Waals surface area contributed by atoms with E-state index in [4.69, 9.17) is 5.73 Å². The SMILES string of the molecule is Cc1nn(CC(=O)Nc2ccccc2)c(C)c1CN. The van der Waals surface area contributed by atoms with E-state index in [2.05, 4.69) is 10.4 Å². The topological polar surface area (TPSA) is 72.9 Å². The van der Waals surface area contributed by atoms with Gasteiger partial charge in [-0.05, 0) is 26.0 Å². The molecular formula is C14H18N4O. The Bertz CT molecular complexity index is 575. The van der Waals surface area contributed by atoms with Gasteiger partial charge in [0.05, 0.1) is 5.69 Å². The number of hydrogen-bond acceptors (Lipinski definition) is 3. The van der Waals surface area contributed by atoms with Crippen LogP contribution >= 0.6 is 0 Å². The Balaban J connectivity index is 2.07. The minimum atomic E-state index is -0.0969. The summed E-state index contributed by atoms with van der Waals surface area (Å²) in [4.78, 5) is 11.9. The number of hydrogen-bond donors (Lipinski definition) is 2. The van der Waals surface area contributed by atoms with E-state index in [9.17, 15) is 4.79 Å². The summed E-state index contributed by atoms with van der Waals surface area (Å²) in [5.74, 6) is -0.0969. The minimum Gasteiger partial charge on any atom is -0.326 e. The fraction of sp³-hybridized carbons (Fsp3) is 0.286. The Hall–Kier alpha value is -2.14. The maximum absolute atomic E-state index is 11.9. The number of anilines is 1. The number of rotatable bonds is 4. The highest BCUT2D eigenvalue weighted by molar-refractivity contribution is 5.90. The molecule has 100 valence electrons. The van der Waals surface area contributed by atoms with Crippen LogP contribution in [-0.4, -0.2) is 15.7 Å². The zero-order valence-corrected chi connectivity index (χ0v) is 11.2. The first-order valence-corrected chi connectivity index (χ1v) is 6.19. The van der Waals surface area contributed by atoms with Crippen LogP contribution in [0, 0.1) is 13.8 Å². The third kappa shape index (κ3) is 3.00. The average Bonchev–Trinajstić information content (AvgIpc) is 2.65. The molecule has 3 N–H and O–H groups in total. The van der Waals surface area contributed by atoms with E-state index in [-0.39, 0.29) is 12.5 Å². The quantitative estimate of drug-likeness (QED) is 0.874. The van der Waals surface area contributed by atoms with E-state index < -0.39 is 0 Å². The van der Waals surface area contributed by atoms with Crippen molar-refractivity contribution in [3.63, 3.8) is 0 Å². The van der Waals surface area contributed by atoms with Crippen molar-refractivity contribution < 1.29 is 4.79 Å². The first-order valence-electron chi connectivity index (χ1n) is 6.19. The molecule has 0 aliphatic carbocycles. The third-order valence-corrected chi connectivity index (χ3v) is 3.09. The summed E-state index contributed by atoms with van der Waals surface area (Å²) in [6, 6.07) is 9.37. The number of aromatic nitrogens is 2. The van der Waals surface area contributed by atoms with Crippen LogP contribution in [0.1, 0.15) is 17.0 Å². The maximum atomic E-state index is 11.9. The van der Waals surface area contributed by atoms with Crippen molar-refractivity contribution in [2.75, 3.05) is 5.32 Å². The van der Waals surface area contributed by atoms with E-state index >= 15 is 0 Å². The van der Waals surface area contributed by atoms with Crippen molar-refractivity contribution in [1.82, 2.24) is 9.78 Å². The molecule has 19 heavy (non-hydrogen) atoms. The lowest BCUT2D eigenvalue weighted by Gasteiger charge is -2.07. The van der Waals surface area contributed by atoms with Gasteiger partial charge < -0.3 is 11.1 Å². The number of para-hydroxylation sites is 1. The van der Waals surface area contributed by atoms with Crippen molar-refractivity contribution in [2.45, 2.75) is 26.9 Å². The van der Waals surface area contributed by atoms with E-state index in [1.54, 1.807) is 4.68 Å². The minimum absolute atomic E-state index is 0.0969. The summed E-state index contributed by atoms with van der Waals surface area (Å²) in [6.45, 7) is 4.47. The molecule has 5 nitrogen and oxygen atoms in total. The molecule has 0 saturated heterocycles. The van der Waals surface area contributed by atoms with Gasteiger partial charge in [-0.25, -0.2) is 0 Å². The molecule has 2 aromatic rings. The predicted octanol–water partition coefficient (Wildman–Crippen LogP) is 1.60. The van der Waals surface area contributed by atoms with Gasteiger partial charge in [-0.2, -0.15) is 5.10 Å². The standard InChI is InChI=1S/C14H18N4O/c1-10-13(8-15)11(2)18(17-10)9-14(19)16-12-6-4-3-5-7-12/h3-7H,8-9,15H2,1-2H3,(H,16,19). The number of nitrogens with two attached hydrogens (primary N) is 1. The molecule has 1 aromatic heterocycles. The van der Waals surface area contributed by atoms with Gasteiger partial charge in [0.1, 0.15) is 6.54 Å². The Morgan fingerprint density at radius 3 is 2.58 bits per heavy atom. The number of carbonyl (C=O) groups is 1. The molecule has 1 aromatic carbocycles. The fourth-order valence-corrected chi connectivity index (χ4v) is 2.04. The van der Waals surface area contributed by atoms with Crippen LogP contribution in [-0.2, 0) is 17.9 Å². The van der Waals surface area contributed by atoms with Gasteiger partial charge in [0.15, 0.2) is 0 Å². The van der Waals surface area contributed by atoms with Gasteiger partial charge in [-0.3, -0.25) is 9.48 Å². The molecule has 0 aliphatic heterocycles. The van der Waals surface area contributed by atoms with Crippen LogP contribution < -0.4 is 11.1 Å². The second kappa shape index (κ2) is 5.67. The highest BCUT2D eigenvalue weighted by Crippen LogP contribution is 2.12. The number of carbonyl (C=O) groups excluding carboxylic acids is 1. The highest BCUT2D eigenvalue weighted by atomic mass is 16.2. The Morgan fingerprint density at radius 2 is 2.00 bits per heavy atom. The van der Waals surface area contributed by atoms with E-state index in [1.807, 2.05) is 44.2 Å². The molecule has 0 spiro atoms. The smallest absolute Gasteiger partial charge is 0.246 e. The lowest BCUT2D eigenvalue weighted by molar-refractivity contribution is -0.116. The lowest BCUT2D eigenvalue weighted by atomic mass is 10.2. The van der Waals surface area contributed by atoms with Crippen molar-refractivity contribution >= 4 is 11.6 Å². The summed E-state index contributed by atoms with van der Waals surface area (Å²) in [6.07, 6.45) is 0. The maximum Gasteiger partial charge on any atom is 0.246 e. The van der Waals surface area contributed by atoms with Crippen LogP contribution in [0.4, 0.5) is 5.69 Å². The number of aryl methyl sites for hydroxylation is 1. The highest BCUT2D eigenvalue weighted by Gasteiger charge is 2.12. The van der Waals surface area contributed by atoms with Crippen LogP contribution in [0.3, 0.4) is 0 Å². The third-order valence-electron chi connectivity index (χ3n) is 3.09. The average molecular weight is 258 g/mol. The largest absolute Gasteiger partial charge is 0.326 e. The first-order chi connectivity index (χ1) is 9.11. The normalized spacial score (nSPS) is 10.5. The van der Waals surface area contributed by atoms with Gasteiger partial charge in [-0.15, -0.1) is 0 Å². The zero-order chi connectivity index (χ0) is 13.8. The summed E-state index contributed by atoms with van der Waals surface area (Å²) in [7, 11) is 0. The van der Waals surface area contributed by atoms with Gasteiger partial charge in [-0.1, -0.05) is 18.2 Å². The van der Waals surface area contributed by atoms with Gasteiger partial charge in [0.25, 0.3) is 0 Å². The number of benzene rings is 1. The van der Waals surface area contributed by atoms with Crippen LogP contribution in [0.15, 0.2) is 30.3 Å². The van der Waals surface area contributed by atoms with E-state index in [0.717, 1.165) is 22.6 Å². The summed E-state index contributed by atoms with van der Waals surface area (Å²) >= 11 is 0. The fourth-order valence-electron chi connectivity index (χ4n) is 2.04. The molecule has 0 atom stereocenters. The molecule has 0 bridgehead atoms. The Morgan fingerprint density at radius 1 is 1.32 bits per heavy atom. The Kier molecular flexibility index (Phi) is 3.97. The van der Waals surface area contributed by atoms with Gasteiger partial charge >= 0.3 is 0 Å². The van der Waals surface area contributed by atoms with Crippen LogP contribution in [0.25, 0.3) is 0 Å². The van der Waals surface area contributed by atoms with E-state index in [0.29, 0.717) is 6.54 Å². The zero-order valence-electron chi connectivity index (χ0n) is 11.2. The molecule has 2 rings (SSSR count). The molecule has 0 aliphatic rings. The number of nitrogens with zero attached hydrogens (tertiary/aromatic N) is 2. The first kappa shape index (κ1) is 13.3. The predicted molar refractivity (Wildman–Crippen MR) is 74.7 cm³/mol. The van der Waals surface area contributed by atoms with Crippen molar-refractivity contribution in [3.8, 4) is 0 Å². The van der Waals surface area contributed by atoms with Crippen molar-refractivity contribution in [2.24, 2.45) is 5.73 Å². The summed E-state index contributed by atoms with van der Waals surface area (Å²) in [5.41, 5.74) is 9.29. The summed E-state index contributed by atoms with van der Waals surface area (Å²) in [5, 5.41) is 7.17. The summed E-state index contributed by atoms with van der Waals surface area (Å²) < 4.78 is 1.69. The molecule has 0 unspecified atom stereocenters. The van der Waals surface area contributed by atoms with Crippen LogP contribution in [0.5, 0.6) is 0 Å². The Labute approximate surface area is 112 Å². The number of amides is 1. The molecule has 1 amide bonds. The van der Waals surface area contributed by atoms with Gasteiger partial charge in [0, 0.05) is 23.5 Å². The lowest BCUT2D eigenvalue weighted by Crippen LogP contribution is -2.20. The van der Waals surface area contributed by atoms with Crippen molar-refractivity contribution in [3.05, 3.63) is 47.3 Å². The van der Waals surface area contributed by atoms with Crippen molar-refractivity contribution in [1.29, 1.82) is 0 Å². The second-order valence-electron chi connectivity index (χ2n) is 4.43. The van der Waals surface area contributed by atoms with E-state index in [1.165, 1.54) is 0 Å². The van der Waals surface area contributed by atoms with Crippen LogP contribution in [0.2, 0.25) is 0 Å². The molecule has 5 heteroatoms. The molecular weight excluding hydrogens is 240 g/mol. The molecule has 0 fully saturated rings.